The van der Waals surface area contributed by atoms with Gasteiger partial charge in [0.25, 0.3) is 0 Å². The first-order valence-electron chi connectivity index (χ1n) is 3.12. The molecule has 0 N–H and O–H groups in total. The van der Waals surface area contributed by atoms with E-state index >= 15 is 0 Å². The van der Waals surface area contributed by atoms with Crippen LogP contribution in [0, 0.1) is 0 Å². The summed E-state index contributed by atoms with van der Waals surface area (Å²) >= 11 is 3.31. The van der Waals surface area contributed by atoms with E-state index in [2.05, 4.69) is 35.0 Å². The maximum Gasteiger partial charge on any atom is 0.0212 e. The summed E-state index contributed by atoms with van der Waals surface area (Å²) in [6, 6.07) is 0. The van der Waals surface area contributed by atoms with Gasteiger partial charge in [-0.05, 0) is 6.42 Å². The highest BCUT2D eigenvalue weighted by Crippen LogP contribution is 1.94. The van der Waals surface area contributed by atoms with Gasteiger partial charge in [-0.25, -0.2) is 0 Å². The van der Waals surface area contributed by atoms with Crippen LogP contribution in [0.4, 0.5) is 0 Å². The second-order valence-corrected chi connectivity index (χ2v) is 2.42. The van der Waals surface area contributed by atoms with E-state index in [1.54, 1.807) is 0 Å². The molecule has 0 bridgehead atoms. The minimum Gasteiger partial charge on any atom is -0.0883 e. The van der Waals surface area contributed by atoms with Gasteiger partial charge in [0.1, 0.15) is 0 Å². The number of rotatable bonds is 4. The molecule has 0 atom stereocenters. The minimum atomic E-state index is 0.997. The summed E-state index contributed by atoms with van der Waals surface area (Å²) in [5.74, 6) is 0. The van der Waals surface area contributed by atoms with Crippen LogP contribution in [0.15, 0.2) is 12.2 Å². The Morgan fingerprint density at radius 2 is 2.12 bits per heavy atom. The fourth-order valence-corrected chi connectivity index (χ4v) is 0.767. The Kier molecular flexibility index (Phi) is 7.42. The number of allylic oxidation sites excluding steroid dienone is 2. The van der Waals surface area contributed by atoms with Gasteiger partial charge in [-0.15, -0.1) is 0 Å². The van der Waals surface area contributed by atoms with Crippen molar-refractivity contribution in [2.24, 2.45) is 0 Å². The fourth-order valence-electron chi connectivity index (χ4n) is 0.503. The van der Waals surface area contributed by atoms with Crippen LogP contribution in [0.5, 0.6) is 0 Å². The van der Waals surface area contributed by atoms with Crippen molar-refractivity contribution in [1.29, 1.82) is 0 Å². The second-order valence-electron chi connectivity index (χ2n) is 1.77. The van der Waals surface area contributed by atoms with Crippen LogP contribution >= 0.6 is 15.9 Å². The molecule has 0 aliphatic heterocycles. The molecule has 0 aromatic rings. The van der Waals surface area contributed by atoms with Crippen LogP contribution in [-0.4, -0.2) is 5.33 Å². The third kappa shape index (κ3) is 6.22. The van der Waals surface area contributed by atoms with Crippen LogP contribution in [0.3, 0.4) is 0 Å². The molecular formula is C7H13Br. The molecule has 0 aromatic carbocycles. The Morgan fingerprint density at radius 3 is 2.62 bits per heavy atom. The number of hydrogen-bond donors (Lipinski definition) is 0. The normalized spacial score (nSPS) is 10.8. The summed E-state index contributed by atoms with van der Waals surface area (Å²) in [5.41, 5.74) is 0. The molecule has 0 aliphatic carbocycles. The molecule has 0 heterocycles. The van der Waals surface area contributed by atoms with Gasteiger partial charge in [-0.2, -0.15) is 0 Å². The lowest BCUT2D eigenvalue weighted by Gasteiger charge is -1.85. The molecule has 0 spiro atoms. The van der Waals surface area contributed by atoms with E-state index in [1.165, 1.54) is 19.3 Å². The van der Waals surface area contributed by atoms with Crippen LogP contribution in [0.25, 0.3) is 0 Å². The van der Waals surface area contributed by atoms with Crippen molar-refractivity contribution >= 4 is 15.9 Å². The molecule has 0 aliphatic rings. The van der Waals surface area contributed by atoms with Crippen molar-refractivity contribution in [3.63, 3.8) is 0 Å². The van der Waals surface area contributed by atoms with Crippen molar-refractivity contribution in [1.82, 2.24) is 0 Å². The zero-order valence-electron chi connectivity index (χ0n) is 5.36. The molecule has 0 saturated heterocycles. The van der Waals surface area contributed by atoms with Crippen molar-refractivity contribution in [3.05, 3.63) is 12.2 Å². The fraction of sp³-hybridized carbons (Fsp3) is 0.714. The predicted octanol–water partition coefficient (Wildman–Crippen LogP) is 3.13. The van der Waals surface area contributed by atoms with Crippen LogP contribution in [0.2, 0.25) is 0 Å². The first kappa shape index (κ1) is 8.22. The summed E-state index contributed by atoms with van der Waals surface area (Å²) in [6.45, 7) is 2.21. The molecule has 0 fully saturated rings. The van der Waals surface area contributed by atoms with Gasteiger partial charge in [0.05, 0.1) is 0 Å². The minimum absolute atomic E-state index is 0.997. The van der Waals surface area contributed by atoms with E-state index in [0.717, 1.165) is 5.33 Å². The summed E-state index contributed by atoms with van der Waals surface area (Å²) in [5, 5.41) is 0.997. The van der Waals surface area contributed by atoms with Gasteiger partial charge in [-0.3, -0.25) is 0 Å². The van der Waals surface area contributed by atoms with Crippen molar-refractivity contribution in [3.8, 4) is 0 Å². The van der Waals surface area contributed by atoms with E-state index in [9.17, 15) is 0 Å². The van der Waals surface area contributed by atoms with Gasteiger partial charge < -0.3 is 0 Å². The van der Waals surface area contributed by atoms with Gasteiger partial charge >= 0.3 is 0 Å². The topological polar surface area (TPSA) is 0 Å². The zero-order chi connectivity index (χ0) is 6.24. The summed E-state index contributed by atoms with van der Waals surface area (Å²) in [6.07, 6.45) is 8.23. The standard InChI is InChI=1S/C7H13Br/c1-2-3-4-5-6-7-8/h5-6H,2-4,7H2,1H3. The Hall–Kier alpha value is 0.220. The number of hydrogen-bond acceptors (Lipinski definition) is 0. The third-order valence-corrected chi connectivity index (χ3v) is 1.35. The van der Waals surface area contributed by atoms with E-state index in [0.29, 0.717) is 0 Å². The first-order chi connectivity index (χ1) is 3.91. The molecule has 0 amide bonds. The highest BCUT2D eigenvalue weighted by Gasteiger charge is 1.75. The molecule has 1 heteroatoms. The quantitative estimate of drug-likeness (QED) is 0.351. The molecule has 8 heavy (non-hydrogen) atoms. The van der Waals surface area contributed by atoms with Gasteiger partial charge in [-0.1, -0.05) is 47.8 Å². The second kappa shape index (κ2) is 7.22. The Morgan fingerprint density at radius 1 is 1.38 bits per heavy atom. The van der Waals surface area contributed by atoms with Crippen molar-refractivity contribution in [2.75, 3.05) is 5.33 Å². The molecular weight excluding hydrogens is 164 g/mol. The highest BCUT2D eigenvalue weighted by molar-refractivity contribution is 9.09. The number of alkyl halides is 1. The maximum absolute atomic E-state index is 3.31. The molecule has 48 valence electrons. The lowest BCUT2D eigenvalue weighted by molar-refractivity contribution is 0.814. The van der Waals surface area contributed by atoms with E-state index in [4.69, 9.17) is 0 Å². The summed E-state index contributed by atoms with van der Waals surface area (Å²) < 4.78 is 0. The maximum atomic E-state index is 3.31. The monoisotopic (exact) mass is 176 g/mol. The first-order valence-corrected chi connectivity index (χ1v) is 4.25. The predicted molar refractivity (Wildman–Crippen MR) is 42.5 cm³/mol. The summed E-state index contributed by atoms with van der Waals surface area (Å²) in [4.78, 5) is 0. The van der Waals surface area contributed by atoms with Crippen molar-refractivity contribution in [2.45, 2.75) is 26.2 Å². The average Bonchev–Trinajstić information content (AvgIpc) is 1.81. The molecule has 0 nitrogen and oxygen atoms in total. The molecule has 0 aromatic heterocycles. The molecule has 0 radical (unpaired) electrons. The Labute approximate surface area is 60.1 Å². The number of halogens is 1. The number of unbranched alkanes of at least 4 members (excludes halogenated alkanes) is 2. The van der Waals surface area contributed by atoms with Crippen molar-refractivity contribution < 1.29 is 0 Å². The SMILES string of the molecule is CCCCC=CCBr. The molecule has 0 saturated carbocycles. The van der Waals surface area contributed by atoms with E-state index < -0.39 is 0 Å². The summed E-state index contributed by atoms with van der Waals surface area (Å²) in [7, 11) is 0. The van der Waals surface area contributed by atoms with E-state index in [-0.39, 0.29) is 0 Å². The lowest BCUT2D eigenvalue weighted by Crippen LogP contribution is -1.66. The zero-order valence-corrected chi connectivity index (χ0v) is 6.95. The highest BCUT2D eigenvalue weighted by atomic mass is 79.9. The largest absolute Gasteiger partial charge is 0.0883 e. The lowest BCUT2D eigenvalue weighted by atomic mass is 10.2. The van der Waals surface area contributed by atoms with Gasteiger partial charge in [0.15, 0.2) is 0 Å². The molecule has 0 rings (SSSR count). The van der Waals surface area contributed by atoms with E-state index in [1.807, 2.05) is 0 Å². The van der Waals surface area contributed by atoms with Crippen LogP contribution in [0.1, 0.15) is 26.2 Å². The smallest absolute Gasteiger partial charge is 0.0212 e. The Balaban J connectivity index is 2.80. The Bertz CT molecular complexity index is 57.4. The third-order valence-electron chi connectivity index (χ3n) is 0.980. The van der Waals surface area contributed by atoms with Gasteiger partial charge in [0, 0.05) is 5.33 Å². The van der Waals surface area contributed by atoms with Crippen LogP contribution < -0.4 is 0 Å². The van der Waals surface area contributed by atoms with Gasteiger partial charge in [0.2, 0.25) is 0 Å². The van der Waals surface area contributed by atoms with Crippen LogP contribution in [-0.2, 0) is 0 Å². The molecule has 0 unspecified atom stereocenters. The average molecular weight is 177 g/mol.